The van der Waals surface area contributed by atoms with Gasteiger partial charge in [0.25, 0.3) is 0 Å². The number of amides is 1. The van der Waals surface area contributed by atoms with Crippen molar-refractivity contribution in [1.82, 2.24) is 5.32 Å². The van der Waals surface area contributed by atoms with Crippen molar-refractivity contribution in [3.63, 3.8) is 0 Å². The first-order chi connectivity index (χ1) is 13.0. The number of carbonyl (C=O) groups excluding carboxylic acids is 1. The van der Waals surface area contributed by atoms with Crippen LogP contribution in [0.15, 0.2) is 48.5 Å². The lowest BCUT2D eigenvalue weighted by Crippen LogP contribution is -2.39. The van der Waals surface area contributed by atoms with E-state index >= 15 is 0 Å². The molecule has 1 amide bonds. The molecule has 1 atom stereocenters. The highest BCUT2D eigenvalue weighted by Gasteiger charge is 2.30. The summed E-state index contributed by atoms with van der Waals surface area (Å²) in [6.45, 7) is 7.42. The minimum Gasteiger partial charge on any atom is -0.444 e. The summed E-state index contributed by atoms with van der Waals surface area (Å²) in [6, 6.07) is 12.6. The second-order valence-electron chi connectivity index (χ2n) is 7.73. The van der Waals surface area contributed by atoms with Crippen molar-refractivity contribution in [2.75, 3.05) is 0 Å². The quantitative estimate of drug-likeness (QED) is 0.655. The van der Waals surface area contributed by atoms with Crippen molar-refractivity contribution in [3.8, 4) is 11.1 Å². The molecule has 0 fully saturated rings. The first kappa shape index (κ1) is 21.8. The van der Waals surface area contributed by atoms with Gasteiger partial charge in [-0.3, -0.25) is 0 Å². The number of nitrogens with one attached hydrogen (secondary N) is 1. The lowest BCUT2D eigenvalue weighted by atomic mass is 9.99. The normalized spacial score (nSPS) is 13.1. The maximum atomic E-state index is 12.7. The Morgan fingerprint density at radius 2 is 1.46 bits per heavy atom. The van der Waals surface area contributed by atoms with Crippen LogP contribution in [0.3, 0.4) is 0 Å². The molecule has 0 bridgehead atoms. The van der Waals surface area contributed by atoms with Crippen molar-refractivity contribution in [1.29, 1.82) is 0 Å². The zero-order valence-electron chi connectivity index (χ0n) is 16.6. The first-order valence-corrected chi connectivity index (χ1v) is 9.24. The van der Waals surface area contributed by atoms with E-state index in [0.717, 1.165) is 35.2 Å². The number of benzene rings is 2. The number of ether oxygens (including phenoxy) is 1. The molecule has 0 radical (unpaired) electrons. The third-order valence-electron chi connectivity index (χ3n) is 4.20. The fourth-order valence-corrected chi connectivity index (χ4v) is 2.74. The van der Waals surface area contributed by atoms with Crippen LogP contribution in [0.4, 0.5) is 18.0 Å². The standard InChI is InChI=1S/C22H26F3NO2/c1-5-19(26-20(27)28-21(2,3)4)14-15-6-8-16(9-7-15)17-10-12-18(13-11-17)22(23,24)25/h6-13,19H,5,14H2,1-4H3,(H,26,27)/t19-/m0/s1. The lowest BCUT2D eigenvalue weighted by molar-refractivity contribution is -0.137. The second kappa shape index (κ2) is 8.67. The smallest absolute Gasteiger partial charge is 0.416 e. The number of halogens is 3. The molecule has 0 saturated heterocycles. The summed E-state index contributed by atoms with van der Waals surface area (Å²) in [6.07, 6.45) is -3.39. The van der Waals surface area contributed by atoms with E-state index in [2.05, 4.69) is 5.32 Å². The predicted octanol–water partition coefficient (Wildman–Crippen LogP) is 6.22. The molecule has 0 aliphatic rings. The van der Waals surface area contributed by atoms with Crippen LogP contribution in [0.25, 0.3) is 11.1 Å². The van der Waals surface area contributed by atoms with Crippen molar-refractivity contribution < 1.29 is 22.7 Å². The molecule has 2 aromatic rings. The molecule has 2 aromatic carbocycles. The minimum atomic E-state index is -4.33. The van der Waals surface area contributed by atoms with Gasteiger partial charge < -0.3 is 10.1 Å². The fraction of sp³-hybridized carbons (Fsp3) is 0.409. The third-order valence-corrected chi connectivity index (χ3v) is 4.20. The van der Waals surface area contributed by atoms with E-state index in [-0.39, 0.29) is 6.04 Å². The topological polar surface area (TPSA) is 38.3 Å². The minimum absolute atomic E-state index is 0.0632. The molecule has 0 heterocycles. The Kier molecular flexibility index (Phi) is 6.75. The highest BCUT2D eigenvalue weighted by molar-refractivity contribution is 5.68. The van der Waals surface area contributed by atoms with Crippen LogP contribution in [0.2, 0.25) is 0 Å². The predicted molar refractivity (Wildman–Crippen MR) is 104 cm³/mol. The number of alkyl halides is 3. The summed E-state index contributed by atoms with van der Waals surface area (Å²) in [5.74, 6) is 0. The summed E-state index contributed by atoms with van der Waals surface area (Å²) in [5.41, 5.74) is 1.38. The Hall–Kier alpha value is -2.50. The Morgan fingerprint density at radius 1 is 0.964 bits per heavy atom. The van der Waals surface area contributed by atoms with Crippen molar-refractivity contribution >= 4 is 6.09 Å². The van der Waals surface area contributed by atoms with E-state index in [4.69, 9.17) is 4.74 Å². The Bertz CT molecular complexity index is 775. The highest BCUT2D eigenvalue weighted by atomic mass is 19.4. The maximum absolute atomic E-state index is 12.7. The van der Waals surface area contributed by atoms with Gasteiger partial charge in [-0.15, -0.1) is 0 Å². The van der Waals surface area contributed by atoms with Gasteiger partial charge in [0.05, 0.1) is 5.56 Å². The van der Waals surface area contributed by atoms with Crippen molar-refractivity contribution in [3.05, 3.63) is 59.7 Å². The molecule has 28 heavy (non-hydrogen) atoms. The molecule has 2 rings (SSSR count). The van der Waals surface area contributed by atoms with E-state index in [1.165, 1.54) is 12.1 Å². The maximum Gasteiger partial charge on any atom is 0.416 e. The molecule has 0 spiro atoms. The third kappa shape index (κ3) is 6.59. The Labute approximate surface area is 163 Å². The zero-order valence-corrected chi connectivity index (χ0v) is 16.6. The number of hydrogen-bond acceptors (Lipinski definition) is 2. The van der Waals surface area contributed by atoms with Crippen LogP contribution < -0.4 is 5.32 Å². The highest BCUT2D eigenvalue weighted by Crippen LogP contribution is 2.31. The van der Waals surface area contributed by atoms with Gasteiger partial charge in [-0.05, 0) is 62.4 Å². The van der Waals surface area contributed by atoms with E-state index in [1.807, 2.05) is 52.0 Å². The molecule has 0 saturated carbocycles. The average molecular weight is 393 g/mol. The second-order valence-corrected chi connectivity index (χ2v) is 7.73. The molecule has 6 heteroatoms. The van der Waals surface area contributed by atoms with Crippen LogP contribution in [0.1, 0.15) is 45.2 Å². The van der Waals surface area contributed by atoms with Gasteiger partial charge in [0, 0.05) is 6.04 Å². The van der Waals surface area contributed by atoms with Crippen LogP contribution in [-0.4, -0.2) is 17.7 Å². The van der Waals surface area contributed by atoms with Gasteiger partial charge in [0.1, 0.15) is 5.60 Å². The molecular formula is C22H26F3NO2. The van der Waals surface area contributed by atoms with Gasteiger partial charge in [0.15, 0.2) is 0 Å². The van der Waals surface area contributed by atoms with Crippen LogP contribution >= 0.6 is 0 Å². The van der Waals surface area contributed by atoms with Gasteiger partial charge >= 0.3 is 12.3 Å². The zero-order chi connectivity index (χ0) is 20.9. The van der Waals surface area contributed by atoms with Crippen molar-refractivity contribution in [2.24, 2.45) is 0 Å². The number of alkyl carbamates (subject to hydrolysis) is 1. The van der Waals surface area contributed by atoms with Gasteiger partial charge in [0.2, 0.25) is 0 Å². The summed E-state index contributed by atoms with van der Waals surface area (Å²) < 4.78 is 43.3. The molecule has 0 aliphatic heterocycles. The number of carbonyl (C=O) groups is 1. The molecule has 1 N–H and O–H groups in total. The van der Waals surface area contributed by atoms with E-state index in [0.29, 0.717) is 6.42 Å². The Balaban J connectivity index is 2.02. The molecule has 3 nitrogen and oxygen atoms in total. The molecule has 0 aromatic heterocycles. The lowest BCUT2D eigenvalue weighted by Gasteiger charge is -2.23. The summed E-state index contributed by atoms with van der Waals surface area (Å²) >= 11 is 0. The number of hydrogen-bond donors (Lipinski definition) is 1. The molecule has 152 valence electrons. The average Bonchev–Trinajstić information content (AvgIpc) is 2.59. The van der Waals surface area contributed by atoms with Gasteiger partial charge in [-0.2, -0.15) is 13.2 Å². The van der Waals surface area contributed by atoms with Gasteiger partial charge in [-0.1, -0.05) is 43.3 Å². The van der Waals surface area contributed by atoms with Gasteiger partial charge in [-0.25, -0.2) is 4.79 Å². The van der Waals surface area contributed by atoms with Crippen LogP contribution in [0.5, 0.6) is 0 Å². The largest absolute Gasteiger partial charge is 0.444 e. The molecule has 0 unspecified atom stereocenters. The van der Waals surface area contributed by atoms with E-state index in [9.17, 15) is 18.0 Å². The molecular weight excluding hydrogens is 367 g/mol. The fourth-order valence-electron chi connectivity index (χ4n) is 2.74. The Morgan fingerprint density at radius 3 is 1.89 bits per heavy atom. The SMILES string of the molecule is CC[C@@H](Cc1ccc(-c2ccc(C(F)(F)F)cc2)cc1)NC(=O)OC(C)(C)C. The summed E-state index contributed by atoms with van der Waals surface area (Å²) in [5, 5.41) is 2.87. The monoisotopic (exact) mass is 393 g/mol. The van der Waals surface area contributed by atoms with E-state index < -0.39 is 23.4 Å². The molecule has 0 aliphatic carbocycles. The summed E-state index contributed by atoms with van der Waals surface area (Å²) in [7, 11) is 0. The van der Waals surface area contributed by atoms with Crippen LogP contribution in [-0.2, 0) is 17.3 Å². The van der Waals surface area contributed by atoms with Crippen LogP contribution in [0, 0.1) is 0 Å². The van der Waals surface area contributed by atoms with E-state index in [1.54, 1.807) is 0 Å². The number of rotatable bonds is 5. The first-order valence-electron chi connectivity index (χ1n) is 9.24. The van der Waals surface area contributed by atoms with Crippen molar-refractivity contribution in [2.45, 2.75) is 58.4 Å². The summed E-state index contributed by atoms with van der Waals surface area (Å²) in [4.78, 5) is 11.9.